The molecule has 0 aliphatic rings. The van der Waals surface area contributed by atoms with E-state index in [9.17, 15) is 9.18 Å². The molecule has 0 unspecified atom stereocenters. The van der Waals surface area contributed by atoms with Crippen LogP contribution in [-0.2, 0) is 0 Å². The summed E-state index contributed by atoms with van der Waals surface area (Å²) in [4.78, 5) is 16.4. The van der Waals surface area contributed by atoms with Crippen LogP contribution in [0.3, 0.4) is 0 Å². The second kappa shape index (κ2) is 7.32. The molecule has 1 aromatic heterocycles. The molecule has 6 heteroatoms. The molecule has 1 amide bonds. The number of amides is 1. The molecule has 0 aliphatic carbocycles. The van der Waals surface area contributed by atoms with Crippen LogP contribution in [0.25, 0.3) is 0 Å². The number of nitrogens with zero attached hydrogens (tertiary/aromatic N) is 1. The molecule has 0 bridgehead atoms. The Morgan fingerprint density at radius 1 is 1.08 bits per heavy atom. The highest BCUT2D eigenvalue weighted by molar-refractivity contribution is 6.30. The number of hydrogen-bond acceptors (Lipinski definition) is 3. The summed E-state index contributed by atoms with van der Waals surface area (Å²) in [6, 6.07) is 14.5. The zero-order chi connectivity index (χ0) is 17.8. The highest BCUT2D eigenvalue weighted by atomic mass is 35.5. The summed E-state index contributed by atoms with van der Waals surface area (Å²) in [6.07, 6.45) is 1.48. The molecule has 2 aromatic carbocycles. The van der Waals surface area contributed by atoms with Gasteiger partial charge in [0.25, 0.3) is 5.91 Å². The van der Waals surface area contributed by atoms with Crippen molar-refractivity contribution in [3.63, 3.8) is 0 Å². The Balaban J connectivity index is 1.69. The molecule has 3 aromatic rings. The Morgan fingerprint density at radius 2 is 1.84 bits per heavy atom. The van der Waals surface area contributed by atoms with Crippen molar-refractivity contribution in [1.29, 1.82) is 0 Å². The molecule has 126 valence electrons. The number of anilines is 3. The van der Waals surface area contributed by atoms with Gasteiger partial charge in [-0.25, -0.2) is 9.37 Å². The molecule has 0 saturated carbocycles. The highest BCUT2D eigenvalue weighted by Gasteiger charge is 2.08. The Bertz CT molecular complexity index is 896. The maximum atomic E-state index is 12.9. The van der Waals surface area contributed by atoms with Crippen LogP contribution in [-0.4, -0.2) is 10.9 Å². The first kappa shape index (κ1) is 16.9. The molecule has 0 spiro atoms. The summed E-state index contributed by atoms with van der Waals surface area (Å²) >= 11 is 5.94. The molecular weight excluding hydrogens is 341 g/mol. The largest absolute Gasteiger partial charge is 0.340 e. The van der Waals surface area contributed by atoms with Gasteiger partial charge >= 0.3 is 0 Å². The topological polar surface area (TPSA) is 54.0 Å². The zero-order valence-electron chi connectivity index (χ0n) is 13.4. The lowest BCUT2D eigenvalue weighted by atomic mass is 10.2. The summed E-state index contributed by atoms with van der Waals surface area (Å²) in [5.74, 6) is -0.0512. The van der Waals surface area contributed by atoms with Gasteiger partial charge in [0.2, 0.25) is 0 Å². The first-order valence-corrected chi connectivity index (χ1v) is 7.95. The molecule has 0 atom stereocenters. The number of nitrogens with one attached hydrogen (secondary N) is 2. The monoisotopic (exact) mass is 355 g/mol. The van der Waals surface area contributed by atoms with E-state index in [0.29, 0.717) is 22.1 Å². The molecule has 4 nitrogen and oxygen atoms in total. The molecular formula is C19H15ClFN3O. The predicted octanol–water partition coefficient (Wildman–Crippen LogP) is 5.18. The van der Waals surface area contributed by atoms with Crippen LogP contribution in [0.1, 0.15) is 15.9 Å². The van der Waals surface area contributed by atoms with E-state index in [2.05, 4.69) is 15.6 Å². The van der Waals surface area contributed by atoms with Crippen molar-refractivity contribution in [2.45, 2.75) is 6.92 Å². The minimum atomic E-state index is -0.354. The van der Waals surface area contributed by atoms with Crippen molar-refractivity contribution in [3.05, 3.63) is 82.8 Å². The Kier molecular flexibility index (Phi) is 4.95. The van der Waals surface area contributed by atoms with Gasteiger partial charge in [0.1, 0.15) is 11.6 Å². The maximum Gasteiger partial charge on any atom is 0.257 e. The number of aromatic nitrogens is 1. The van der Waals surface area contributed by atoms with Crippen LogP contribution in [0.2, 0.25) is 5.02 Å². The Hall–Kier alpha value is -2.92. The minimum absolute atomic E-state index is 0.312. The molecule has 2 N–H and O–H groups in total. The number of carbonyl (C=O) groups is 1. The fourth-order valence-corrected chi connectivity index (χ4v) is 2.47. The maximum absolute atomic E-state index is 12.9. The fourth-order valence-electron chi connectivity index (χ4n) is 2.24. The molecule has 1 heterocycles. The quantitative estimate of drug-likeness (QED) is 0.678. The minimum Gasteiger partial charge on any atom is -0.340 e. The lowest BCUT2D eigenvalue weighted by molar-refractivity contribution is 0.102. The molecule has 0 saturated heterocycles. The van der Waals surface area contributed by atoms with Gasteiger partial charge in [-0.1, -0.05) is 11.6 Å². The van der Waals surface area contributed by atoms with E-state index >= 15 is 0 Å². The van der Waals surface area contributed by atoms with E-state index < -0.39 is 0 Å². The summed E-state index contributed by atoms with van der Waals surface area (Å²) in [7, 11) is 0. The second-order valence-electron chi connectivity index (χ2n) is 5.48. The standard InChI is InChI=1S/C19H15ClFN3O/c1-12-10-14(20)3-8-17(12)24-18-9-2-13(11-22-18)19(25)23-16-6-4-15(21)5-7-16/h2-11H,1H3,(H,22,24)(H,23,25). The first-order valence-electron chi connectivity index (χ1n) is 7.57. The van der Waals surface area contributed by atoms with Crippen molar-refractivity contribution >= 4 is 34.7 Å². The number of hydrogen-bond donors (Lipinski definition) is 2. The molecule has 3 rings (SSSR count). The third kappa shape index (κ3) is 4.33. The van der Waals surface area contributed by atoms with E-state index in [0.717, 1.165) is 11.3 Å². The van der Waals surface area contributed by atoms with Gasteiger partial charge in [-0.15, -0.1) is 0 Å². The average molecular weight is 356 g/mol. The molecule has 0 radical (unpaired) electrons. The van der Waals surface area contributed by atoms with Gasteiger partial charge in [0.15, 0.2) is 0 Å². The van der Waals surface area contributed by atoms with Gasteiger partial charge in [-0.05, 0) is 67.1 Å². The van der Waals surface area contributed by atoms with E-state index in [4.69, 9.17) is 11.6 Å². The third-order valence-corrected chi connectivity index (χ3v) is 3.81. The zero-order valence-corrected chi connectivity index (χ0v) is 14.1. The summed E-state index contributed by atoms with van der Waals surface area (Å²) < 4.78 is 12.9. The van der Waals surface area contributed by atoms with Crippen LogP contribution < -0.4 is 10.6 Å². The third-order valence-electron chi connectivity index (χ3n) is 3.58. The number of halogens is 2. The normalized spacial score (nSPS) is 10.4. The fraction of sp³-hybridized carbons (Fsp3) is 0.0526. The lowest BCUT2D eigenvalue weighted by Crippen LogP contribution is -2.12. The number of pyridine rings is 1. The lowest BCUT2D eigenvalue weighted by Gasteiger charge is -2.10. The average Bonchev–Trinajstić information content (AvgIpc) is 2.60. The van der Waals surface area contributed by atoms with Crippen LogP contribution in [0, 0.1) is 12.7 Å². The van der Waals surface area contributed by atoms with Crippen molar-refractivity contribution in [2.75, 3.05) is 10.6 Å². The summed E-state index contributed by atoms with van der Waals surface area (Å²) in [5.41, 5.74) is 2.81. The smallest absolute Gasteiger partial charge is 0.257 e. The summed E-state index contributed by atoms with van der Waals surface area (Å²) in [6.45, 7) is 1.94. The van der Waals surface area contributed by atoms with Crippen LogP contribution >= 0.6 is 11.6 Å². The van der Waals surface area contributed by atoms with Gasteiger partial charge in [-0.2, -0.15) is 0 Å². The van der Waals surface area contributed by atoms with Crippen LogP contribution in [0.15, 0.2) is 60.8 Å². The predicted molar refractivity (Wildman–Crippen MR) is 98.1 cm³/mol. The van der Waals surface area contributed by atoms with Gasteiger partial charge in [0.05, 0.1) is 5.56 Å². The Morgan fingerprint density at radius 3 is 2.48 bits per heavy atom. The van der Waals surface area contributed by atoms with Crippen molar-refractivity contribution < 1.29 is 9.18 Å². The van der Waals surface area contributed by atoms with E-state index in [1.807, 2.05) is 19.1 Å². The van der Waals surface area contributed by atoms with Crippen molar-refractivity contribution in [2.24, 2.45) is 0 Å². The molecule has 0 fully saturated rings. The number of aryl methyl sites for hydroxylation is 1. The number of carbonyl (C=O) groups excluding carboxylic acids is 1. The van der Waals surface area contributed by atoms with E-state index in [1.54, 1.807) is 18.2 Å². The van der Waals surface area contributed by atoms with Crippen molar-refractivity contribution in [1.82, 2.24) is 4.98 Å². The van der Waals surface area contributed by atoms with Crippen molar-refractivity contribution in [3.8, 4) is 0 Å². The van der Waals surface area contributed by atoms with Gasteiger partial charge in [-0.3, -0.25) is 4.79 Å². The second-order valence-corrected chi connectivity index (χ2v) is 5.91. The SMILES string of the molecule is Cc1cc(Cl)ccc1Nc1ccc(C(=O)Nc2ccc(F)cc2)cn1. The first-order chi connectivity index (χ1) is 12.0. The van der Waals surface area contributed by atoms with E-state index in [1.165, 1.54) is 30.5 Å². The van der Waals surface area contributed by atoms with Crippen LogP contribution in [0.4, 0.5) is 21.6 Å². The summed E-state index contributed by atoms with van der Waals surface area (Å²) in [5, 5.41) is 6.54. The van der Waals surface area contributed by atoms with Gasteiger partial charge < -0.3 is 10.6 Å². The Labute approximate surface area is 149 Å². The highest BCUT2D eigenvalue weighted by Crippen LogP contribution is 2.22. The van der Waals surface area contributed by atoms with Gasteiger partial charge in [0, 0.05) is 22.6 Å². The van der Waals surface area contributed by atoms with E-state index in [-0.39, 0.29) is 11.7 Å². The molecule has 25 heavy (non-hydrogen) atoms. The number of rotatable bonds is 4. The number of benzene rings is 2. The van der Waals surface area contributed by atoms with Crippen LogP contribution in [0.5, 0.6) is 0 Å². The molecule has 0 aliphatic heterocycles.